The number of β-amino-alcohol motifs (C(OH)–C–C–N with tert-alkyl or cyclic N) is 1. The highest BCUT2D eigenvalue weighted by molar-refractivity contribution is 6.35. The second-order valence-corrected chi connectivity index (χ2v) is 8.07. The van der Waals surface area contributed by atoms with Gasteiger partial charge in [0.15, 0.2) is 5.65 Å². The van der Waals surface area contributed by atoms with Gasteiger partial charge in [-0.15, -0.1) is 0 Å². The number of nitrogens with zero attached hydrogens (tertiary/aromatic N) is 4. The minimum absolute atomic E-state index is 0.105. The van der Waals surface area contributed by atoms with Gasteiger partial charge in [-0.05, 0) is 31.2 Å². The molecule has 1 fully saturated rings. The fraction of sp³-hybridized carbons (Fsp3) is 0.318. The number of aromatic nitrogens is 4. The highest BCUT2D eigenvalue weighted by Crippen LogP contribution is 2.38. The van der Waals surface area contributed by atoms with E-state index in [0.29, 0.717) is 35.0 Å². The molecule has 4 aromatic rings. The molecular weight excluding hydrogens is 418 g/mol. The third kappa shape index (κ3) is 3.23. The maximum Gasteiger partial charge on any atom is 0.220 e. The summed E-state index contributed by atoms with van der Waals surface area (Å²) < 4.78 is 7.50. The summed E-state index contributed by atoms with van der Waals surface area (Å²) in [5.41, 5.74) is 3.73. The fourth-order valence-corrected chi connectivity index (χ4v) is 4.57. The molecule has 0 saturated carbocycles. The van der Waals surface area contributed by atoms with Gasteiger partial charge in [-0.2, -0.15) is 0 Å². The molecule has 9 heteroatoms. The smallest absolute Gasteiger partial charge is 0.220 e. The molecule has 0 radical (unpaired) electrons. The number of carbonyl (C=O) groups is 1. The number of amides is 1. The number of benzene rings is 1. The van der Waals surface area contributed by atoms with Gasteiger partial charge in [-0.1, -0.05) is 11.6 Å². The van der Waals surface area contributed by atoms with Crippen molar-refractivity contribution in [2.45, 2.75) is 32.4 Å². The first-order valence-electron chi connectivity index (χ1n) is 10.2. The van der Waals surface area contributed by atoms with Gasteiger partial charge in [0.2, 0.25) is 5.91 Å². The first-order chi connectivity index (χ1) is 15.0. The highest BCUT2D eigenvalue weighted by Gasteiger charge is 2.37. The summed E-state index contributed by atoms with van der Waals surface area (Å²) in [5.74, 6) is 1.33. The average molecular weight is 440 g/mol. The second-order valence-electron chi connectivity index (χ2n) is 7.67. The lowest BCUT2D eigenvalue weighted by molar-refractivity contribution is -0.130. The number of aliphatic hydroxyl groups is 1. The van der Waals surface area contributed by atoms with Crippen LogP contribution in [-0.4, -0.2) is 54.5 Å². The first kappa shape index (κ1) is 19.8. The van der Waals surface area contributed by atoms with Crippen LogP contribution in [-0.2, 0) is 4.79 Å². The number of rotatable bonds is 4. The van der Waals surface area contributed by atoms with Gasteiger partial charge in [-0.25, -0.2) is 9.97 Å². The van der Waals surface area contributed by atoms with E-state index in [-0.39, 0.29) is 18.5 Å². The lowest BCUT2D eigenvalue weighted by Crippen LogP contribution is -2.30. The van der Waals surface area contributed by atoms with E-state index in [1.807, 2.05) is 35.6 Å². The molecule has 1 aliphatic heterocycles. The maximum absolute atomic E-state index is 12.3. The number of ether oxygens (including phenoxy) is 1. The van der Waals surface area contributed by atoms with Gasteiger partial charge in [-0.3, -0.25) is 9.20 Å². The number of aromatic amines is 1. The van der Waals surface area contributed by atoms with Crippen LogP contribution in [0.15, 0.2) is 36.7 Å². The number of hydrogen-bond donors (Lipinski definition) is 2. The van der Waals surface area contributed by atoms with Gasteiger partial charge < -0.3 is 19.7 Å². The third-order valence-electron chi connectivity index (χ3n) is 5.68. The van der Waals surface area contributed by atoms with Crippen LogP contribution in [0.2, 0.25) is 5.02 Å². The van der Waals surface area contributed by atoms with E-state index in [1.54, 1.807) is 17.3 Å². The number of aliphatic hydroxyl groups excluding tert-OH is 1. The predicted molar refractivity (Wildman–Crippen MR) is 117 cm³/mol. The monoisotopic (exact) mass is 439 g/mol. The van der Waals surface area contributed by atoms with Crippen molar-refractivity contribution in [1.82, 2.24) is 24.3 Å². The lowest BCUT2D eigenvalue weighted by atomic mass is 10.1. The van der Waals surface area contributed by atoms with Crippen molar-refractivity contribution in [3.63, 3.8) is 0 Å². The summed E-state index contributed by atoms with van der Waals surface area (Å²) >= 11 is 6.50. The van der Waals surface area contributed by atoms with Crippen molar-refractivity contribution in [2.24, 2.45) is 0 Å². The van der Waals surface area contributed by atoms with Crippen LogP contribution in [0.25, 0.3) is 27.9 Å². The Balaban J connectivity index is 1.76. The largest absolute Gasteiger partial charge is 0.494 e. The van der Waals surface area contributed by atoms with E-state index in [9.17, 15) is 9.90 Å². The molecule has 2 atom stereocenters. The Morgan fingerprint density at radius 1 is 1.35 bits per heavy atom. The summed E-state index contributed by atoms with van der Waals surface area (Å²) in [4.78, 5) is 26.5. The quantitative estimate of drug-likeness (QED) is 0.506. The molecule has 3 aromatic heterocycles. The number of imidazole rings is 1. The van der Waals surface area contributed by atoms with Crippen LogP contribution in [0.4, 0.5) is 0 Å². The van der Waals surface area contributed by atoms with Crippen molar-refractivity contribution in [3.05, 3.63) is 47.5 Å². The van der Waals surface area contributed by atoms with Gasteiger partial charge in [0.25, 0.3) is 0 Å². The van der Waals surface area contributed by atoms with Gasteiger partial charge in [0.05, 0.1) is 41.2 Å². The molecule has 4 heterocycles. The van der Waals surface area contributed by atoms with E-state index in [0.717, 1.165) is 22.5 Å². The predicted octanol–water partition coefficient (Wildman–Crippen LogP) is 3.58. The molecule has 8 nitrogen and oxygen atoms in total. The Morgan fingerprint density at radius 3 is 2.84 bits per heavy atom. The van der Waals surface area contributed by atoms with Crippen molar-refractivity contribution >= 4 is 34.2 Å². The fourth-order valence-electron chi connectivity index (χ4n) is 4.34. The third-order valence-corrected chi connectivity index (χ3v) is 5.97. The molecule has 0 aliphatic carbocycles. The number of likely N-dealkylation sites (tertiary alicyclic amines) is 1. The molecule has 31 heavy (non-hydrogen) atoms. The zero-order valence-corrected chi connectivity index (χ0v) is 17.9. The zero-order chi connectivity index (χ0) is 21.7. The van der Waals surface area contributed by atoms with E-state index in [4.69, 9.17) is 21.3 Å². The van der Waals surface area contributed by atoms with Gasteiger partial charge >= 0.3 is 0 Å². The molecule has 0 spiro atoms. The molecule has 0 bridgehead atoms. The SMILES string of the molecule is CCOc1ccc(-c2nc([C@H]3C[C@@H](O)CN3C(C)=O)n3c2cnc2[nH]cc(Cl)c23)cc1. The number of H-pyrrole nitrogens is 1. The van der Waals surface area contributed by atoms with E-state index in [1.165, 1.54) is 6.92 Å². The number of fused-ring (bicyclic) bond motifs is 3. The first-order valence-corrected chi connectivity index (χ1v) is 10.6. The Hall–Kier alpha value is -3.10. The Bertz CT molecular complexity index is 1280. The molecule has 160 valence electrons. The van der Waals surface area contributed by atoms with Crippen molar-refractivity contribution in [2.75, 3.05) is 13.2 Å². The Kier molecular flexibility index (Phi) is 4.83. The molecule has 1 aliphatic rings. The minimum atomic E-state index is -0.603. The molecule has 1 saturated heterocycles. The summed E-state index contributed by atoms with van der Waals surface area (Å²) in [5, 5.41) is 10.8. The Labute approximate surface area is 183 Å². The topological polar surface area (TPSA) is 95.8 Å². The zero-order valence-electron chi connectivity index (χ0n) is 17.2. The van der Waals surface area contributed by atoms with Crippen LogP contribution < -0.4 is 4.74 Å². The summed E-state index contributed by atoms with van der Waals surface area (Å²) in [6.45, 7) is 4.32. The van der Waals surface area contributed by atoms with Crippen LogP contribution >= 0.6 is 11.6 Å². The summed E-state index contributed by atoms with van der Waals surface area (Å²) in [6.07, 6.45) is 3.24. The van der Waals surface area contributed by atoms with Crippen LogP contribution in [0.1, 0.15) is 32.1 Å². The average Bonchev–Trinajstić information content (AvgIpc) is 3.43. The summed E-state index contributed by atoms with van der Waals surface area (Å²) in [6, 6.07) is 7.34. The van der Waals surface area contributed by atoms with Crippen molar-refractivity contribution in [3.8, 4) is 17.0 Å². The van der Waals surface area contributed by atoms with Crippen LogP contribution in [0, 0.1) is 0 Å². The van der Waals surface area contributed by atoms with Crippen molar-refractivity contribution < 1.29 is 14.6 Å². The number of hydrogen-bond acceptors (Lipinski definition) is 5. The molecule has 2 N–H and O–H groups in total. The molecule has 5 rings (SSSR count). The van der Waals surface area contributed by atoms with E-state index < -0.39 is 6.10 Å². The van der Waals surface area contributed by atoms with E-state index in [2.05, 4.69) is 9.97 Å². The number of halogens is 1. The molecular formula is C22H22ClN5O3. The normalized spacial score (nSPS) is 18.9. The second kappa shape index (κ2) is 7.55. The van der Waals surface area contributed by atoms with Gasteiger partial charge in [0, 0.05) is 31.6 Å². The molecule has 1 amide bonds. The van der Waals surface area contributed by atoms with Crippen LogP contribution in [0.3, 0.4) is 0 Å². The maximum atomic E-state index is 12.3. The lowest BCUT2D eigenvalue weighted by Gasteiger charge is -2.22. The summed E-state index contributed by atoms with van der Waals surface area (Å²) in [7, 11) is 0. The number of carbonyl (C=O) groups excluding carboxylic acids is 1. The minimum Gasteiger partial charge on any atom is -0.494 e. The van der Waals surface area contributed by atoms with Crippen LogP contribution in [0.5, 0.6) is 5.75 Å². The van der Waals surface area contributed by atoms with E-state index >= 15 is 0 Å². The van der Waals surface area contributed by atoms with Gasteiger partial charge in [0.1, 0.15) is 17.1 Å². The standard InChI is InChI=1S/C22H22ClN5O3/c1-3-31-15-6-4-13(5-7-15)19-18-10-25-21-20(16(23)9-24-21)28(18)22(26-19)17-8-14(30)11-27(17)12(2)29/h4-7,9-10,14,17,24,30H,3,8,11H2,1-2H3/t14-,17-/m1/s1. The Morgan fingerprint density at radius 2 is 2.13 bits per heavy atom. The number of nitrogens with one attached hydrogen (secondary N) is 1. The molecule has 1 aromatic carbocycles. The van der Waals surface area contributed by atoms with Crippen molar-refractivity contribution in [1.29, 1.82) is 0 Å². The molecule has 0 unspecified atom stereocenters. The highest BCUT2D eigenvalue weighted by atomic mass is 35.5.